The van der Waals surface area contributed by atoms with Gasteiger partial charge in [-0.25, -0.2) is 4.57 Å². The van der Waals surface area contributed by atoms with Crippen LogP contribution < -0.4 is 0 Å². The Morgan fingerprint density at radius 1 is 0.625 bits per heavy atom. The van der Waals surface area contributed by atoms with Crippen molar-refractivity contribution >= 4 is 19.8 Å². The van der Waals surface area contributed by atoms with Crippen LogP contribution in [0.2, 0.25) is 0 Å². The highest BCUT2D eigenvalue weighted by molar-refractivity contribution is 7.47. The summed E-state index contributed by atoms with van der Waals surface area (Å²) in [6.45, 7) is 2.29. The highest BCUT2D eigenvalue weighted by Gasteiger charge is 2.27. The molecule has 0 saturated heterocycles. The van der Waals surface area contributed by atoms with E-state index in [-0.39, 0.29) is 19.4 Å². The average molecular weight is 705 g/mol. The molecule has 0 aromatic heterocycles. The topological polar surface area (TPSA) is 149 Å². The molecule has 3 N–H and O–H groups in total. The van der Waals surface area contributed by atoms with E-state index in [2.05, 4.69) is 42.7 Å². The van der Waals surface area contributed by atoms with Gasteiger partial charge in [-0.2, -0.15) is 0 Å². The lowest BCUT2D eigenvalue weighted by Crippen LogP contribution is -2.29. The fraction of sp³-hybridized carbons (Fsp3) is 0.838. The molecule has 3 atom stereocenters. The average Bonchev–Trinajstić information content (AvgIpc) is 3.07. The highest BCUT2D eigenvalue weighted by Crippen LogP contribution is 2.43. The lowest BCUT2D eigenvalue weighted by Gasteiger charge is -2.20. The normalized spacial score (nSPS) is 14.4. The molecule has 0 aromatic carbocycles. The van der Waals surface area contributed by atoms with Gasteiger partial charge in [-0.1, -0.05) is 128 Å². The van der Waals surface area contributed by atoms with Crippen molar-refractivity contribution < 1.29 is 47.8 Å². The number of phosphoric ester groups is 1. The third kappa shape index (κ3) is 33.0. The SMILES string of the molecule is CCCCC/C=C\C/C=C\CCCCCCCCCC(=O)OC(COC(=O)CCCCCCCCCC)COP(=O)(O)OCC(O)CO. The largest absolute Gasteiger partial charge is 0.472 e. The fourth-order valence-corrected chi connectivity index (χ4v) is 5.69. The van der Waals surface area contributed by atoms with Crippen molar-refractivity contribution in [2.24, 2.45) is 0 Å². The first kappa shape index (κ1) is 46.5. The molecule has 0 radical (unpaired) electrons. The summed E-state index contributed by atoms with van der Waals surface area (Å²) in [6, 6.07) is 0. The van der Waals surface area contributed by atoms with Crippen LogP contribution in [0.4, 0.5) is 0 Å². The fourth-order valence-electron chi connectivity index (χ4n) is 4.90. The van der Waals surface area contributed by atoms with Crippen LogP contribution in [0.15, 0.2) is 24.3 Å². The second-order valence-corrected chi connectivity index (χ2v) is 14.1. The summed E-state index contributed by atoms with van der Waals surface area (Å²) in [7, 11) is -4.61. The van der Waals surface area contributed by atoms with Gasteiger partial charge >= 0.3 is 19.8 Å². The molecule has 0 aromatic rings. The molecular formula is C37H69O10P. The van der Waals surface area contributed by atoms with Crippen LogP contribution in [0.5, 0.6) is 0 Å². The van der Waals surface area contributed by atoms with E-state index in [1.165, 1.54) is 64.2 Å². The number of aliphatic hydroxyl groups excluding tert-OH is 2. The lowest BCUT2D eigenvalue weighted by molar-refractivity contribution is -0.161. The minimum absolute atomic E-state index is 0.177. The van der Waals surface area contributed by atoms with E-state index in [9.17, 15) is 24.2 Å². The summed E-state index contributed by atoms with van der Waals surface area (Å²) >= 11 is 0. The van der Waals surface area contributed by atoms with E-state index < -0.39 is 51.8 Å². The molecular weight excluding hydrogens is 635 g/mol. The maximum absolute atomic E-state index is 12.5. The standard InChI is InChI=1S/C37H69O10P/c1-3-5-7-9-11-13-14-15-16-17-18-19-20-21-23-25-27-29-37(41)47-35(33-46-48(42,43)45-31-34(39)30-38)32-44-36(40)28-26-24-22-12-10-8-6-4-2/h11,13,15-16,34-35,38-39H,3-10,12,14,17-33H2,1-2H3,(H,42,43)/b13-11-,16-15-. The van der Waals surface area contributed by atoms with Gasteiger partial charge in [-0.05, 0) is 44.9 Å². The number of carbonyl (C=O) groups excluding carboxylic acids is 2. The monoisotopic (exact) mass is 704 g/mol. The molecule has 0 heterocycles. The van der Waals surface area contributed by atoms with Crippen LogP contribution in [0.3, 0.4) is 0 Å². The molecule has 48 heavy (non-hydrogen) atoms. The third-order valence-electron chi connectivity index (χ3n) is 7.86. The number of esters is 2. The van der Waals surface area contributed by atoms with Gasteiger partial charge in [0, 0.05) is 12.8 Å². The number of allylic oxidation sites excluding steroid dienone is 4. The summed E-state index contributed by atoms with van der Waals surface area (Å²) in [5.41, 5.74) is 0. The van der Waals surface area contributed by atoms with Gasteiger partial charge in [0.25, 0.3) is 0 Å². The van der Waals surface area contributed by atoms with Crippen molar-refractivity contribution in [2.75, 3.05) is 26.4 Å². The van der Waals surface area contributed by atoms with Crippen LogP contribution in [0.25, 0.3) is 0 Å². The number of carbonyl (C=O) groups is 2. The Labute approximate surface area is 291 Å². The van der Waals surface area contributed by atoms with Crippen molar-refractivity contribution in [1.82, 2.24) is 0 Å². The number of phosphoric acid groups is 1. The number of hydrogen-bond acceptors (Lipinski definition) is 9. The Morgan fingerprint density at radius 3 is 1.65 bits per heavy atom. The molecule has 0 aliphatic rings. The molecule has 0 fully saturated rings. The molecule has 0 amide bonds. The van der Waals surface area contributed by atoms with Crippen LogP contribution >= 0.6 is 7.82 Å². The molecule has 3 unspecified atom stereocenters. The first-order valence-electron chi connectivity index (χ1n) is 18.8. The molecule has 10 nitrogen and oxygen atoms in total. The van der Waals surface area contributed by atoms with Gasteiger partial charge in [0.2, 0.25) is 0 Å². The van der Waals surface area contributed by atoms with Gasteiger partial charge < -0.3 is 24.6 Å². The van der Waals surface area contributed by atoms with Crippen LogP contribution in [0.1, 0.15) is 162 Å². The summed E-state index contributed by atoms with van der Waals surface area (Å²) < 4.78 is 32.5. The smallest absolute Gasteiger partial charge is 0.462 e. The Balaban J connectivity index is 4.33. The lowest BCUT2D eigenvalue weighted by atomic mass is 10.1. The molecule has 282 valence electrons. The zero-order chi connectivity index (χ0) is 35.6. The van der Waals surface area contributed by atoms with Crippen molar-refractivity contribution in [3.63, 3.8) is 0 Å². The maximum atomic E-state index is 12.5. The van der Waals surface area contributed by atoms with Gasteiger partial charge in [0.1, 0.15) is 12.7 Å². The molecule has 0 spiro atoms. The molecule has 0 aliphatic heterocycles. The number of unbranched alkanes of at least 4 members (excludes halogenated alkanes) is 17. The van der Waals surface area contributed by atoms with E-state index >= 15 is 0 Å². The van der Waals surface area contributed by atoms with E-state index in [1.807, 2.05) is 0 Å². The minimum Gasteiger partial charge on any atom is -0.462 e. The Bertz CT molecular complexity index is 863. The van der Waals surface area contributed by atoms with Crippen LogP contribution in [0, 0.1) is 0 Å². The van der Waals surface area contributed by atoms with Crippen molar-refractivity contribution in [1.29, 1.82) is 0 Å². The van der Waals surface area contributed by atoms with Crippen molar-refractivity contribution in [3.8, 4) is 0 Å². The molecule has 11 heteroatoms. The summed E-state index contributed by atoms with van der Waals surface area (Å²) in [5, 5.41) is 18.2. The summed E-state index contributed by atoms with van der Waals surface area (Å²) in [6.07, 6.45) is 30.2. The maximum Gasteiger partial charge on any atom is 0.472 e. The molecule has 0 saturated carbocycles. The second kappa shape index (κ2) is 33.9. The van der Waals surface area contributed by atoms with E-state index in [4.69, 9.17) is 19.1 Å². The number of rotatable bonds is 35. The predicted molar refractivity (Wildman–Crippen MR) is 191 cm³/mol. The zero-order valence-corrected chi connectivity index (χ0v) is 31.1. The second-order valence-electron chi connectivity index (χ2n) is 12.6. The first-order valence-corrected chi connectivity index (χ1v) is 20.3. The van der Waals surface area contributed by atoms with Gasteiger partial charge in [-0.3, -0.25) is 18.6 Å². The van der Waals surface area contributed by atoms with Crippen LogP contribution in [-0.4, -0.2) is 65.7 Å². The predicted octanol–water partition coefficient (Wildman–Crippen LogP) is 9.05. The van der Waals surface area contributed by atoms with Crippen LogP contribution in [-0.2, 0) is 32.7 Å². The highest BCUT2D eigenvalue weighted by atomic mass is 31.2. The summed E-state index contributed by atoms with van der Waals surface area (Å²) in [4.78, 5) is 34.7. The Morgan fingerprint density at radius 2 is 1.08 bits per heavy atom. The molecule has 0 rings (SSSR count). The Hall–Kier alpha value is -1.55. The number of hydrogen-bond donors (Lipinski definition) is 3. The molecule has 0 bridgehead atoms. The molecule has 0 aliphatic carbocycles. The van der Waals surface area contributed by atoms with Gasteiger partial charge in [-0.15, -0.1) is 0 Å². The van der Waals surface area contributed by atoms with Crippen molar-refractivity contribution in [3.05, 3.63) is 24.3 Å². The van der Waals surface area contributed by atoms with E-state index in [0.29, 0.717) is 12.8 Å². The Kier molecular flexibility index (Phi) is 32.8. The summed E-state index contributed by atoms with van der Waals surface area (Å²) in [5.74, 6) is -0.937. The van der Waals surface area contributed by atoms with E-state index in [0.717, 1.165) is 57.8 Å². The van der Waals surface area contributed by atoms with Gasteiger partial charge in [0.05, 0.1) is 19.8 Å². The zero-order valence-electron chi connectivity index (χ0n) is 30.2. The first-order chi connectivity index (χ1) is 23.2. The quantitative estimate of drug-likeness (QED) is 0.0252. The minimum atomic E-state index is -4.61. The number of aliphatic hydroxyl groups is 2. The van der Waals surface area contributed by atoms with E-state index in [1.54, 1.807) is 0 Å². The number of ether oxygens (including phenoxy) is 2. The third-order valence-corrected chi connectivity index (χ3v) is 8.81. The van der Waals surface area contributed by atoms with Crippen molar-refractivity contribution in [2.45, 2.75) is 174 Å². The van der Waals surface area contributed by atoms with Gasteiger partial charge in [0.15, 0.2) is 6.10 Å².